The lowest BCUT2D eigenvalue weighted by Gasteiger charge is -2.21. The lowest BCUT2D eigenvalue weighted by Crippen LogP contribution is -2.25. The van der Waals surface area contributed by atoms with Crippen LogP contribution in [-0.2, 0) is 0 Å². The molecule has 152 valence electrons. The summed E-state index contributed by atoms with van der Waals surface area (Å²) in [5.41, 5.74) is 0. The van der Waals surface area contributed by atoms with E-state index in [2.05, 4.69) is 87.5 Å². The van der Waals surface area contributed by atoms with E-state index in [9.17, 15) is 0 Å². The van der Waals surface area contributed by atoms with Crippen molar-refractivity contribution in [1.82, 2.24) is 0 Å². The molecule has 0 aromatic rings. The van der Waals surface area contributed by atoms with Crippen LogP contribution in [0.15, 0.2) is 0 Å². The fraction of sp³-hybridized carbons (Fsp3) is 0.913. The summed E-state index contributed by atoms with van der Waals surface area (Å²) in [5.74, 6) is 5.40. The van der Waals surface area contributed by atoms with E-state index in [1.165, 1.54) is 31.0 Å². The van der Waals surface area contributed by atoms with Gasteiger partial charge in [0.1, 0.15) is 0 Å². The highest BCUT2D eigenvalue weighted by molar-refractivity contribution is 6.78. The molecule has 25 heavy (non-hydrogen) atoms. The zero-order valence-electron chi connectivity index (χ0n) is 20.1. The molecule has 0 aliphatic heterocycles. The SMILES string of the molecule is C#CC[Si](C)(C)CC(C)C.CCCC(C)C.CC[Si](C)(C)CC(C)C. The molecule has 0 aliphatic carbocycles. The molecule has 0 N–H and O–H groups in total. The maximum absolute atomic E-state index is 5.28. The first-order valence-corrected chi connectivity index (χ1v) is 17.5. The van der Waals surface area contributed by atoms with Crippen LogP contribution >= 0.6 is 0 Å². The maximum atomic E-state index is 5.28. The molecule has 0 radical (unpaired) electrons. The van der Waals surface area contributed by atoms with Crippen LogP contribution in [0, 0.1) is 30.1 Å². The topological polar surface area (TPSA) is 0 Å². The molecule has 0 aromatic carbocycles. The van der Waals surface area contributed by atoms with Gasteiger partial charge in [-0.05, 0) is 17.8 Å². The molecule has 0 spiro atoms. The van der Waals surface area contributed by atoms with Gasteiger partial charge >= 0.3 is 0 Å². The predicted octanol–water partition coefficient (Wildman–Crippen LogP) is 8.80. The third kappa shape index (κ3) is 29.0. The van der Waals surface area contributed by atoms with E-state index in [0.717, 1.165) is 23.8 Å². The minimum atomic E-state index is -1.00. The van der Waals surface area contributed by atoms with Crippen LogP contribution in [0.25, 0.3) is 0 Å². The second kappa shape index (κ2) is 16.2. The standard InChI is InChI=1S/C9H18Si.C8H20Si.C6H14/c1-6-7-10(4,5)8-9(2)3;1-6-9(4,5)7-8(2)3;1-4-5-6(2)3/h1,9H,7-8H2,2-5H3;8H,6-7H2,1-5H3;6H,4-5H2,1-3H3. The van der Waals surface area contributed by atoms with Crippen LogP contribution in [0.3, 0.4) is 0 Å². The molecule has 0 saturated heterocycles. The van der Waals surface area contributed by atoms with Crippen LogP contribution in [-0.4, -0.2) is 16.1 Å². The Morgan fingerprint density at radius 1 is 0.720 bits per heavy atom. The Balaban J connectivity index is -0.000000300. The van der Waals surface area contributed by atoms with E-state index >= 15 is 0 Å². The fourth-order valence-corrected chi connectivity index (χ4v) is 8.69. The maximum Gasteiger partial charge on any atom is 0.0606 e. The largest absolute Gasteiger partial charge is 0.120 e. The molecule has 0 rings (SSSR count). The summed E-state index contributed by atoms with van der Waals surface area (Å²) >= 11 is 0. The zero-order valence-corrected chi connectivity index (χ0v) is 22.1. The Kier molecular flexibility index (Phi) is 19.3. The van der Waals surface area contributed by atoms with Crippen molar-refractivity contribution in [3.8, 4) is 12.3 Å². The first-order valence-electron chi connectivity index (χ1n) is 10.7. The van der Waals surface area contributed by atoms with Gasteiger partial charge in [-0.25, -0.2) is 0 Å². The van der Waals surface area contributed by atoms with Crippen molar-refractivity contribution < 1.29 is 0 Å². The lowest BCUT2D eigenvalue weighted by molar-refractivity contribution is 0.576. The quantitative estimate of drug-likeness (QED) is 0.289. The third-order valence-electron chi connectivity index (χ3n) is 4.33. The summed E-state index contributed by atoms with van der Waals surface area (Å²) in [6.07, 6.45) is 7.98. The van der Waals surface area contributed by atoms with E-state index in [1.807, 2.05) is 0 Å². The molecule has 0 unspecified atom stereocenters. The molecular formula is C23H52Si2. The van der Waals surface area contributed by atoms with Crippen LogP contribution in [0.2, 0.25) is 50.4 Å². The van der Waals surface area contributed by atoms with Crippen molar-refractivity contribution in [2.75, 3.05) is 0 Å². The minimum Gasteiger partial charge on any atom is -0.120 e. The van der Waals surface area contributed by atoms with Crippen molar-refractivity contribution in [2.24, 2.45) is 17.8 Å². The first-order chi connectivity index (χ1) is 11.2. The van der Waals surface area contributed by atoms with Crippen molar-refractivity contribution in [3.05, 3.63) is 0 Å². The Labute approximate surface area is 165 Å². The number of terminal acetylenes is 1. The monoisotopic (exact) mass is 384 g/mol. The van der Waals surface area contributed by atoms with Crippen molar-refractivity contribution in [2.45, 2.75) is 119 Å². The summed E-state index contributed by atoms with van der Waals surface area (Å²) in [6.45, 7) is 27.9. The molecule has 0 aliphatic rings. The molecule has 0 heterocycles. The summed E-state index contributed by atoms with van der Waals surface area (Å²) in [4.78, 5) is 0. The summed E-state index contributed by atoms with van der Waals surface area (Å²) in [6, 6.07) is 5.32. The van der Waals surface area contributed by atoms with Crippen LogP contribution in [0.5, 0.6) is 0 Å². The van der Waals surface area contributed by atoms with Gasteiger partial charge in [-0.15, -0.1) is 12.3 Å². The zero-order chi connectivity index (χ0) is 20.7. The Morgan fingerprint density at radius 3 is 1.28 bits per heavy atom. The van der Waals surface area contributed by atoms with Gasteiger partial charge in [0.05, 0.1) is 8.07 Å². The van der Waals surface area contributed by atoms with Gasteiger partial charge in [0.15, 0.2) is 0 Å². The molecule has 0 amide bonds. The van der Waals surface area contributed by atoms with Crippen LogP contribution < -0.4 is 0 Å². The summed E-state index contributed by atoms with van der Waals surface area (Å²) in [7, 11) is -1.74. The van der Waals surface area contributed by atoms with E-state index in [1.54, 1.807) is 0 Å². The van der Waals surface area contributed by atoms with E-state index in [0.29, 0.717) is 0 Å². The fourth-order valence-electron chi connectivity index (χ4n) is 3.28. The second-order valence-electron chi connectivity index (χ2n) is 10.4. The van der Waals surface area contributed by atoms with E-state index < -0.39 is 16.1 Å². The molecule has 0 nitrogen and oxygen atoms in total. The average molecular weight is 385 g/mol. The molecule has 2 heteroatoms. The number of hydrogen-bond donors (Lipinski definition) is 0. The minimum absolute atomic E-state index is 0.740. The molecular weight excluding hydrogens is 332 g/mol. The molecule has 0 fully saturated rings. The molecule has 0 saturated carbocycles. The summed E-state index contributed by atoms with van der Waals surface area (Å²) in [5, 5.41) is 0. The highest BCUT2D eigenvalue weighted by atomic mass is 28.3. The van der Waals surface area contributed by atoms with Crippen LogP contribution in [0.4, 0.5) is 0 Å². The highest BCUT2D eigenvalue weighted by Gasteiger charge is 2.20. The van der Waals surface area contributed by atoms with Gasteiger partial charge in [0.25, 0.3) is 0 Å². The molecule has 0 bridgehead atoms. The van der Waals surface area contributed by atoms with Crippen LogP contribution in [0.1, 0.15) is 68.2 Å². The summed E-state index contributed by atoms with van der Waals surface area (Å²) < 4.78 is 0. The highest BCUT2D eigenvalue weighted by Crippen LogP contribution is 2.20. The average Bonchev–Trinajstić information content (AvgIpc) is 2.36. The van der Waals surface area contributed by atoms with Crippen molar-refractivity contribution >= 4 is 16.1 Å². The van der Waals surface area contributed by atoms with Crippen molar-refractivity contribution in [3.63, 3.8) is 0 Å². The number of hydrogen-bond acceptors (Lipinski definition) is 0. The predicted molar refractivity (Wildman–Crippen MR) is 128 cm³/mol. The third-order valence-corrected chi connectivity index (χ3v) is 11.2. The van der Waals surface area contributed by atoms with Gasteiger partial charge in [0.2, 0.25) is 0 Å². The van der Waals surface area contributed by atoms with Gasteiger partial charge in [0, 0.05) is 14.1 Å². The Bertz CT molecular complexity index is 319. The smallest absolute Gasteiger partial charge is 0.0606 e. The van der Waals surface area contributed by atoms with Crippen molar-refractivity contribution in [1.29, 1.82) is 0 Å². The Hall–Kier alpha value is -0.00623. The Morgan fingerprint density at radius 2 is 1.12 bits per heavy atom. The van der Waals surface area contributed by atoms with Gasteiger partial charge in [-0.2, -0.15) is 0 Å². The van der Waals surface area contributed by atoms with E-state index in [4.69, 9.17) is 6.42 Å². The number of rotatable bonds is 8. The van der Waals surface area contributed by atoms with E-state index in [-0.39, 0.29) is 0 Å². The normalized spacial score (nSPS) is 11.6. The second-order valence-corrected chi connectivity index (χ2v) is 21.0. The van der Waals surface area contributed by atoms with Gasteiger partial charge < -0.3 is 0 Å². The molecule has 0 aromatic heterocycles. The van der Waals surface area contributed by atoms with Gasteiger partial charge in [-0.1, -0.05) is 113 Å². The first kappa shape index (κ1) is 29.7. The van der Waals surface area contributed by atoms with Gasteiger partial charge in [-0.3, -0.25) is 0 Å². The molecule has 0 atom stereocenters. The lowest BCUT2D eigenvalue weighted by atomic mass is 10.1.